The molecule has 0 saturated carbocycles. The molecule has 1 rings (SSSR count). The Bertz CT molecular complexity index is 402. The van der Waals surface area contributed by atoms with E-state index in [9.17, 15) is 4.79 Å². The Morgan fingerprint density at radius 1 is 1.47 bits per heavy atom. The maximum Gasteiger partial charge on any atom is 0.224 e. The lowest BCUT2D eigenvalue weighted by Crippen LogP contribution is -2.21. The van der Waals surface area contributed by atoms with Gasteiger partial charge in [0.15, 0.2) is 0 Å². The Labute approximate surface area is 101 Å². The summed E-state index contributed by atoms with van der Waals surface area (Å²) in [4.78, 5) is 11.7. The number of nitriles is 1. The molecule has 0 aromatic heterocycles. The summed E-state index contributed by atoms with van der Waals surface area (Å²) in [6.07, 6.45) is 1.34. The summed E-state index contributed by atoms with van der Waals surface area (Å²) in [5, 5.41) is 11.4. The Hall–Kier alpha value is -1.86. The topological polar surface area (TPSA) is 78.9 Å². The van der Waals surface area contributed by atoms with Crippen LogP contribution in [0, 0.1) is 17.2 Å². The third-order valence-electron chi connectivity index (χ3n) is 2.68. The maximum atomic E-state index is 11.7. The average molecular weight is 231 g/mol. The molecule has 1 aromatic rings. The predicted molar refractivity (Wildman–Crippen MR) is 67.2 cm³/mol. The zero-order chi connectivity index (χ0) is 12.7. The van der Waals surface area contributed by atoms with Crippen molar-refractivity contribution in [2.75, 3.05) is 11.9 Å². The van der Waals surface area contributed by atoms with Gasteiger partial charge in [-0.1, -0.05) is 13.3 Å². The highest BCUT2D eigenvalue weighted by molar-refractivity contribution is 5.90. The minimum Gasteiger partial charge on any atom is -0.330 e. The number of anilines is 1. The first kappa shape index (κ1) is 13.2. The first-order valence-electron chi connectivity index (χ1n) is 5.69. The van der Waals surface area contributed by atoms with Crippen molar-refractivity contribution in [3.63, 3.8) is 0 Å². The highest BCUT2D eigenvalue weighted by Crippen LogP contribution is 2.11. The molecule has 17 heavy (non-hydrogen) atoms. The molecular formula is C13H17N3O. The molecule has 4 heteroatoms. The maximum absolute atomic E-state index is 11.7. The van der Waals surface area contributed by atoms with Crippen molar-refractivity contribution >= 4 is 11.6 Å². The zero-order valence-corrected chi connectivity index (χ0v) is 9.94. The lowest BCUT2D eigenvalue weighted by atomic mass is 10.0. The van der Waals surface area contributed by atoms with Crippen LogP contribution < -0.4 is 11.1 Å². The van der Waals surface area contributed by atoms with Crippen LogP contribution in [0.1, 0.15) is 25.3 Å². The van der Waals surface area contributed by atoms with E-state index in [1.807, 2.05) is 13.0 Å². The quantitative estimate of drug-likeness (QED) is 0.812. The van der Waals surface area contributed by atoms with Crippen LogP contribution in [0.5, 0.6) is 0 Å². The average Bonchev–Trinajstić information content (AvgIpc) is 2.37. The van der Waals surface area contributed by atoms with Gasteiger partial charge in [-0.15, -0.1) is 0 Å². The van der Waals surface area contributed by atoms with E-state index >= 15 is 0 Å². The number of benzene rings is 1. The lowest BCUT2D eigenvalue weighted by molar-refractivity contribution is -0.117. The van der Waals surface area contributed by atoms with Crippen LogP contribution in [0.25, 0.3) is 0 Å². The van der Waals surface area contributed by atoms with Crippen LogP contribution in [0.3, 0.4) is 0 Å². The number of rotatable bonds is 5. The first-order chi connectivity index (χ1) is 8.19. The normalized spacial score (nSPS) is 11.6. The molecule has 3 N–H and O–H groups in total. The van der Waals surface area contributed by atoms with Gasteiger partial charge in [0, 0.05) is 12.1 Å². The molecule has 1 amide bonds. The number of carbonyl (C=O) groups is 1. The summed E-state index contributed by atoms with van der Waals surface area (Å²) in [6, 6.07) is 8.83. The van der Waals surface area contributed by atoms with Gasteiger partial charge in [0.1, 0.15) is 0 Å². The first-order valence-corrected chi connectivity index (χ1v) is 5.69. The van der Waals surface area contributed by atoms with E-state index in [1.54, 1.807) is 24.3 Å². The molecule has 0 fully saturated rings. The molecular weight excluding hydrogens is 214 g/mol. The zero-order valence-electron chi connectivity index (χ0n) is 9.94. The molecule has 0 aliphatic heterocycles. The van der Waals surface area contributed by atoms with Gasteiger partial charge in [-0.3, -0.25) is 4.79 Å². The van der Waals surface area contributed by atoms with Gasteiger partial charge in [-0.05, 0) is 36.7 Å². The summed E-state index contributed by atoms with van der Waals surface area (Å²) in [6.45, 7) is 2.55. The van der Waals surface area contributed by atoms with E-state index in [2.05, 4.69) is 5.32 Å². The lowest BCUT2D eigenvalue weighted by Gasteiger charge is -2.11. The Kier molecular flexibility index (Phi) is 5.18. The van der Waals surface area contributed by atoms with E-state index in [-0.39, 0.29) is 11.8 Å². The number of nitrogens with zero attached hydrogens (tertiary/aromatic N) is 1. The number of hydrogen-bond acceptors (Lipinski definition) is 3. The fourth-order valence-electron chi connectivity index (χ4n) is 1.50. The van der Waals surface area contributed by atoms with Crippen LogP contribution in [-0.4, -0.2) is 12.5 Å². The van der Waals surface area contributed by atoms with Crippen molar-refractivity contribution in [1.29, 1.82) is 5.26 Å². The molecule has 1 unspecified atom stereocenters. The number of carbonyl (C=O) groups excluding carboxylic acids is 1. The highest BCUT2D eigenvalue weighted by Gasteiger charge is 2.10. The van der Waals surface area contributed by atoms with Gasteiger partial charge in [-0.25, -0.2) is 0 Å². The summed E-state index contributed by atoms with van der Waals surface area (Å²) in [5.41, 5.74) is 6.84. The van der Waals surface area contributed by atoms with Crippen LogP contribution in [0.15, 0.2) is 24.3 Å². The van der Waals surface area contributed by atoms with Crippen LogP contribution in [0.2, 0.25) is 0 Å². The molecule has 0 aliphatic rings. The second kappa shape index (κ2) is 6.66. The van der Waals surface area contributed by atoms with Crippen LogP contribution in [-0.2, 0) is 4.79 Å². The van der Waals surface area contributed by atoms with Crippen LogP contribution >= 0.6 is 0 Å². The van der Waals surface area contributed by atoms with Gasteiger partial charge in [0.25, 0.3) is 0 Å². The summed E-state index contributed by atoms with van der Waals surface area (Å²) in [7, 11) is 0. The molecule has 1 aromatic carbocycles. The fourth-order valence-corrected chi connectivity index (χ4v) is 1.50. The van der Waals surface area contributed by atoms with E-state index in [0.717, 1.165) is 6.42 Å². The van der Waals surface area contributed by atoms with Crippen molar-refractivity contribution in [2.24, 2.45) is 11.7 Å². The molecule has 0 bridgehead atoms. The molecule has 1 atom stereocenters. The molecule has 0 spiro atoms. The van der Waals surface area contributed by atoms with Gasteiger partial charge in [0.05, 0.1) is 11.6 Å². The van der Waals surface area contributed by atoms with Crippen molar-refractivity contribution < 1.29 is 4.79 Å². The Morgan fingerprint density at radius 2 is 2.12 bits per heavy atom. The third kappa shape index (κ3) is 4.25. The second-order valence-electron chi connectivity index (χ2n) is 3.95. The third-order valence-corrected chi connectivity index (χ3v) is 2.68. The van der Waals surface area contributed by atoms with Gasteiger partial charge >= 0.3 is 0 Å². The number of nitrogens with one attached hydrogen (secondary N) is 1. The fraction of sp³-hybridized carbons (Fsp3) is 0.385. The van der Waals surface area contributed by atoms with Crippen molar-refractivity contribution in [3.8, 4) is 6.07 Å². The van der Waals surface area contributed by atoms with Gasteiger partial charge < -0.3 is 11.1 Å². The number of hydrogen-bond donors (Lipinski definition) is 2. The predicted octanol–water partition coefficient (Wildman–Crippen LogP) is 1.87. The SMILES string of the molecule is CCC(CN)CC(=O)Nc1ccc(C#N)cc1. The largest absolute Gasteiger partial charge is 0.330 e. The second-order valence-corrected chi connectivity index (χ2v) is 3.95. The molecule has 4 nitrogen and oxygen atoms in total. The molecule has 0 aliphatic carbocycles. The van der Waals surface area contributed by atoms with E-state index < -0.39 is 0 Å². The molecule has 0 saturated heterocycles. The number of nitrogens with two attached hydrogens (primary N) is 1. The number of amides is 1. The standard InChI is InChI=1S/C13H17N3O/c1-2-10(8-14)7-13(17)16-12-5-3-11(9-15)4-6-12/h3-6,10H,2,7-8,14H2,1H3,(H,16,17). The van der Waals surface area contributed by atoms with Crippen molar-refractivity contribution in [3.05, 3.63) is 29.8 Å². The van der Waals surface area contributed by atoms with E-state index in [0.29, 0.717) is 24.2 Å². The van der Waals surface area contributed by atoms with Gasteiger partial charge in [-0.2, -0.15) is 5.26 Å². The van der Waals surface area contributed by atoms with Crippen LogP contribution in [0.4, 0.5) is 5.69 Å². The summed E-state index contributed by atoms with van der Waals surface area (Å²) in [5.74, 6) is 0.195. The molecule has 90 valence electrons. The summed E-state index contributed by atoms with van der Waals surface area (Å²) < 4.78 is 0. The highest BCUT2D eigenvalue weighted by atomic mass is 16.1. The summed E-state index contributed by atoms with van der Waals surface area (Å²) >= 11 is 0. The van der Waals surface area contributed by atoms with Gasteiger partial charge in [0.2, 0.25) is 5.91 Å². The minimum atomic E-state index is -0.0352. The van der Waals surface area contributed by atoms with E-state index in [1.165, 1.54) is 0 Å². The molecule has 0 radical (unpaired) electrons. The smallest absolute Gasteiger partial charge is 0.224 e. The monoisotopic (exact) mass is 231 g/mol. The Balaban J connectivity index is 2.53. The minimum absolute atomic E-state index is 0.0352. The Morgan fingerprint density at radius 3 is 2.59 bits per heavy atom. The van der Waals surface area contributed by atoms with Crippen molar-refractivity contribution in [2.45, 2.75) is 19.8 Å². The van der Waals surface area contributed by atoms with E-state index in [4.69, 9.17) is 11.0 Å². The molecule has 0 heterocycles. The van der Waals surface area contributed by atoms with Crippen molar-refractivity contribution in [1.82, 2.24) is 0 Å².